The summed E-state index contributed by atoms with van der Waals surface area (Å²) < 4.78 is 0.855. The predicted octanol–water partition coefficient (Wildman–Crippen LogP) is 3.55. The van der Waals surface area contributed by atoms with Gasteiger partial charge in [0.25, 0.3) is 0 Å². The molecule has 3 nitrogen and oxygen atoms in total. The lowest BCUT2D eigenvalue weighted by Gasteiger charge is -2.20. The fourth-order valence-electron chi connectivity index (χ4n) is 2.23. The molecule has 3 N–H and O–H groups in total. The van der Waals surface area contributed by atoms with E-state index in [0.717, 1.165) is 23.0 Å². The fourth-order valence-corrected chi connectivity index (χ4v) is 2.48. The molecule has 0 atom stereocenters. The second-order valence-electron chi connectivity index (χ2n) is 4.56. The minimum Gasteiger partial charge on any atom is -0.398 e. The van der Waals surface area contributed by atoms with Crippen LogP contribution in [0.5, 0.6) is 0 Å². The third kappa shape index (κ3) is 3.22. The molecule has 1 amide bonds. The number of rotatable bonds is 2. The number of nitrogens with two attached hydrogens (primary N) is 1. The zero-order valence-electron chi connectivity index (χ0n) is 9.71. The zero-order valence-corrected chi connectivity index (χ0v) is 11.3. The highest BCUT2D eigenvalue weighted by Gasteiger charge is 2.20. The van der Waals surface area contributed by atoms with Crippen LogP contribution < -0.4 is 11.1 Å². The van der Waals surface area contributed by atoms with Crippen LogP contribution in [0.15, 0.2) is 22.7 Å². The molecule has 1 aliphatic carbocycles. The van der Waals surface area contributed by atoms with Gasteiger partial charge in [0.05, 0.1) is 0 Å². The van der Waals surface area contributed by atoms with Crippen LogP contribution in [0.1, 0.15) is 32.1 Å². The molecule has 17 heavy (non-hydrogen) atoms. The first-order chi connectivity index (χ1) is 8.16. The summed E-state index contributed by atoms with van der Waals surface area (Å²) >= 11 is 3.33. The van der Waals surface area contributed by atoms with Gasteiger partial charge in [0.1, 0.15) is 0 Å². The lowest BCUT2D eigenvalue weighted by atomic mass is 9.88. The highest BCUT2D eigenvalue weighted by atomic mass is 79.9. The summed E-state index contributed by atoms with van der Waals surface area (Å²) in [6, 6.07) is 5.50. The Balaban J connectivity index is 1.99. The topological polar surface area (TPSA) is 55.1 Å². The van der Waals surface area contributed by atoms with Crippen molar-refractivity contribution in [2.24, 2.45) is 5.92 Å². The second-order valence-corrected chi connectivity index (χ2v) is 5.41. The van der Waals surface area contributed by atoms with Crippen LogP contribution in [0, 0.1) is 5.92 Å². The Bertz CT molecular complexity index is 414. The first kappa shape index (κ1) is 12.4. The van der Waals surface area contributed by atoms with E-state index in [9.17, 15) is 4.79 Å². The Labute approximate surface area is 110 Å². The molecule has 0 aromatic heterocycles. The van der Waals surface area contributed by atoms with Gasteiger partial charge in [0, 0.05) is 21.8 Å². The van der Waals surface area contributed by atoms with Crippen molar-refractivity contribution in [3.63, 3.8) is 0 Å². The molecule has 0 heterocycles. The molecular weight excluding hydrogens is 280 g/mol. The molecule has 0 aliphatic heterocycles. The van der Waals surface area contributed by atoms with E-state index in [-0.39, 0.29) is 11.8 Å². The average Bonchev–Trinajstić information content (AvgIpc) is 2.35. The van der Waals surface area contributed by atoms with Gasteiger partial charge in [-0.25, -0.2) is 0 Å². The van der Waals surface area contributed by atoms with E-state index < -0.39 is 0 Å². The summed E-state index contributed by atoms with van der Waals surface area (Å²) in [5, 5.41) is 2.94. The summed E-state index contributed by atoms with van der Waals surface area (Å²) in [5.41, 5.74) is 7.20. The number of carbonyl (C=O) groups is 1. The van der Waals surface area contributed by atoms with Gasteiger partial charge in [-0.05, 0) is 47.0 Å². The van der Waals surface area contributed by atoms with E-state index >= 15 is 0 Å². The van der Waals surface area contributed by atoms with Gasteiger partial charge in [-0.15, -0.1) is 0 Å². The van der Waals surface area contributed by atoms with Gasteiger partial charge in [-0.2, -0.15) is 0 Å². The average molecular weight is 297 g/mol. The van der Waals surface area contributed by atoms with Crippen LogP contribution in [0.3, 0.4) is 0 Å². The lowest BCUT2D eigenvalue weighted by molar-refractivity contribution is -0.120. The Morgan fingerprint density at radius 1 is 1.29 bits per heavy atom. The van der Waals surface area contributed by atoms with Crippen molar-refractivity contribution in [1.29, 1.82) is 0 Å². The van der Waals surface area contributed by atoms with Crippen molar-refractivity contribution in [1.82, 2.24) is 0 Å². The largest absolute Gasteiger partial charge is 0.398 e. The number of amides is 1. The molecule has 1 aliphatic rings. The normalized spacial score (nSPS) is 16.8. The van der Waals surface area contributed by atoms with Crippen molar-refractivity contribution in [3.05, 3.63) is 22.7 Å². The molecule has 0 saturated heterocycles. The number of anilines is 2. The number of hydrogen-bond donors (Lipinski definition) is 2. The number of nitrogen functional groups attached to an aromatic ring is 1. The summed E-state index contributed by atoms with van der Waals surface area (Å²) in [4.78, 5) is 12.0. The minimum atomic E-state index is 0.131. The summed E-state index contributed by atoms with van der Waals surface area (Å²) in [5.74, 6) is 0.306. The van der Waals surface area contributed by atoms with Crippen LogP contribution in [0.4, 0.5) is 11.4 Å². The number of halogens is 1. The quantitative estimate of drug-likeness (QED) is 0.820. The monoisotopic (exact) mass is 296 g/mol. The van der Waals surface area contributed by atoms with Crippen LogP contribution in [-0.2, 0) is 4.79 Å². The Morgan fingerprint density at radius 2 is 2.00 bits per heavy atom. The third-order valence-corrected chi connectivity index (χ3v) is 3.96. The standard InChI is InChI=1S/C13H17BrN2O/c14-11-7-6-10(8-12(11)15)16-13(17)9-4-2-1-3-5-9/h6-9H,1-5,15H2,(H,16,17). The molecule has 1 aromatic rings. The van der Waals surface area contributed by atoms with Crippen molar-refractivity contribution in [2.45, 2.75) is 32.1 Å². The lowest BCUT2D eigenvalue weighted by Crippen LogP contribution is -2.24. The van der Waals surface area contributed by atoms with E-state index in [0.29, 0.717) is 5.69 Å². The smallest absolute Gasteiger partial charge is 0.227 e. The van der Waals surface area contributed by atoms with Gasteiger partial charge in [-0.1, -0.05) is 19.3 Å². The van der Waals surface area contributed by atoms with Gasteiger partial charge < -0.3 is 11.1 Å². The van der Waals surface area contributed by atoms with Gasteiger partial charge >= 0.3 is 0 Å². The van der Waals surface area contributed by atoms with Crippen molar-refractivity contribution >= 4 is 33.2 Å². The Kier molecular flexibility index (Phi) is 4.05. The van der Waals surface area contributed by atoms with E-state index in [2.05, 4.69) is 21.2 Å². The molecular formula is C13H17BrN2O. The molecule has 0 unspecified atom stereocenters. The number of nitrogens with one attached hydrogen (secondary N) is 1. The summed E-state index contributed by atoms with van der Waals surface area (Å²) in [6.45, 7) is 0. The van der Waals surface area contributed by atoms with E-state index in [4.69, 9.17) is 5.73 Å². The number of benzene rings is 1. The SMILES string of the molecule is Nc1cc(NC(=O)C2CCCCC2)ccc1Br. The minimum absolute atomic E-state index is 0.131. The van der Waals surface area contributed by atoms with Crippen molar-refractivity contribution in [3.8, 4) is 0 Å². The van der Waals surface area contributed by atoms with E-state index in [1.54, 1.807) is 6.07 Å². The van der Waals surface area contributed by atoms with Gasteiger partial charge in [-0.3, -0.25) is 4.79 Å². The van der Waals surface area contributed by atoms with Gasteiger partial charge in [0.2, 0.25) is 5.91 Å². The van der Waals surface area contributed by atoms with Crippen LogP contribution >= 0.6 is 15.9 Å². The molecule has 92 valence electrons. The van der Waals surface area contributed by atoms with Crippen molar-refractivity contribution in [2.75, 3.05) is 11.1 Å². The molecule has 2 rings (SSSR count). The first-order valence-corrected chi connectivity index (χ1v) is 6.82. The van der Waals surface area contributed by atoms with Crippen LogP contribution in [0.2, 0.25) is 0 Å². The van der Waals surface area contributed by atoms with Crippen LogP contribution in [0.25, 0.3) is 0 Å². The maximum Gasteiger partial charge on any atom is 0.227 e. The Hall–Kier alpha value is -1.03. The molecule has 0 bridgehead atoms. The third-order valence-electron chi connectivity index (χ3n) is 3.24. The van der Waals surface area contributed by atoms with Crippen LogP contribution in [-0.4, -0.2) is 5.91 Å². The van der Waals surface area contributed by atoms with Gasteiger partial charge in [0.15, 0.2) is 0 Å². The highest BCUT2D eigenvalue weighted by Crippen LogP contribution is 2.27. The summed E-state index contributed by atoms with van der Waals surface area (Å²) in [6.07, 6.45) is 5.62. The van der Waals surface area contributed by atoms with Crippen molar-refractivity contribution < 1.29 is 4.79 Å². The molecule has 1 saturated carbocycles. The number of hydrogen-bond acceptors (Lipinski definition) is 2. The molecule has 0 radical (unpaired) electrons. The predicted molar refractivity (Wildman–Crippen MR) is 73.8 cm³/mol. The maximum atomic E-state index is 12.0. The highest BCUT2D eigenvalue weighted by molar-refractivity contribution is 9.10. The zero-order chi connectivity index (χ0) is 12.3. The maximum absolute atomic E-state index is 12.0. The summed E-state index contributed by atoms with van der Waals surface area (Å²) in [7, 11) is 0. The Morgan fingerprint density at radius 3 is 2.65 bits per heavy atom. The fraction of sp³-hybridized carbons (Fsp3) is 0.462. The molecule has 1 fully saturated rings. The second kappa shape index (κ2) is 5.54. The molecule has 0 spiro atoms. The number of carbonyl (C=O) groups excluding carboxylic acids is 1. The molecule has 4 heteroatoms. The van der Waals surface area contributed by atoms with E-state index in [1.807, 2.05) is 12.1 Å². The first-order valence-electron chi connectivity index (χ1n) is 6.02. The molecule has 1 aromatic carbocycles. The van der Waals surface area contributed by atoms with E-state index in [1.165, 1.54) is 19.3 Å².